The fourth-order valence-corrected chi connectivity index (χ4v) is 2.07. The van der Waals surface area contributed by atoms with Crippen LogP contribution >= 0.6 is 0 Å². The third-order valence-electron chi connectivity index (χ3n) is 3.27. The lowest BCUT2D eigenvalue weighted by Gasteiger charge is -2.06. The van der Waals surface area contributed by atoms with E-state index in [0.29, 0.717) is 12.2 Å². The van der Waals surface area contributed by atoms with Gasteiger partial charge in [-0.15, -0.1) is 0 Å². The van der Waals surface area contributed by atoms with Crippen LogP contribution in [0.4, 0.5) is 0 Å². The molecule has 0 radical (unpaired) electrons. The average Bonchev–Trinajstić information content (AvgIpc) is 2.49. The van der Waals surface area contributed by atoms with Crippen LogP contribution in [0, 0.1) is 0 Å². The van der Waals surface area contributed by atoms with E-state index in [1.54, 1.807) is 24.3 Å². The van der Waals surface area contributed by atoms with Crippen molar-refractivity contribution in [3.05, 3.63) is 48.5 Å². The van der Waals surface area contributed by atoms with Crippen molar-refractivity contribution in [3.8, 4) is 22.6 Å². The van der Waals surface area contributed by atoms with E-state index in [2.05, 4.69) is 6.92 Å². The molecule has 3 heteroatoms. The molecule has 21 heavy (non-hydrogen) atoms. The molecule has 0 aromatic heterocycles. The second-order valence-corrected chi connectivity index (χ2v) is 5.00. The van der Waals surface area contributed by atoms with Crippen LogP contribution in [0.2, 0.25) is 0 Å². The normalized spacial score (nSPS) is 10.3. The molecule has 0 atom stereocenters. The number of phenolic OH excluding ortho intramolecular Hbond substituents is 1. The van der Waals surface area contributed by atoms with Gasteiger partial charge in [0.2, 0.25) is 0 Å². The van der Waals surface area contributed by atoms with Gasteiger partial charge in [0, 0.05) is 6.42 Å². The van der Waals surface area contributed by atoms with E-state index < -0.39 is 0 Å². The van der Waals surface area contributed by atoms with Gasteiger partial charge >= 0.3 is 5.97 Å². The monoisotopic (exact) mass is 284 g/mol. The Hall–Kier alpha value is -2.29. The second kappa shape index (κ2) is 7.48. The summed E-state index contributed by atoms with van der Waals surface area (Å²) in [6.07, 6.45) is 3.48. The van der Waals surface area contributed by atoms with Crippen LogP contribution in [0.25, 0.3) is 11.1 Å². The van der Waals surface area contributed by atoms with Gasteiger partial charge in [-0.3, -0.25) is 4.79 Å². The van der Waals surface area contributed by atoms with E-state index in [-0.39, 0.29) is 11.7 Å². The minimum Gasteiger partial charge on any atom is -0.508 e. The highest BCUT2D eigenvalue weighted by molar-refractivity contribution is 5.73. The molecule has 0 bridgehead atoms. The molecule has 110 valence electrons. The number of carbonyl (C=O) groups excluding carboxylic acids is 1. The maximum atomic E-state index is 11.6. The number of aromatic hydroxyl groups is 1. The molecule has 0 saturated heterocycles. The van der Waals surface area contributed by atoms with Gasteiger partial charge in [0.1, 0.15) is 11.5 Å². The van der Waals surface area contributed by atoms with Crippen molar-refractivity contribution in [1.82, 2.24) is 0 Å². The Bertz CT molecular complexity index is 570. The van der Waals surface area contributed by atoms with Crippen molar-refractivity contribution in [2.24, 2.45) is 0 Å². The molecule has 0 saturated carbocycles. The Balaban J connectivity index is 1.95. The molecular weight excluding hydrogens is 264 g/mol. The zero-order chi connectivity index (χ0) is 15.1. The van der Waals surface area contributed by atoms with Gasteiger partial charge in [0.15, 0.2) is 0 Å². The fourth-order valence-electron chi connectivity index (χ4n) is 2.07. The first-order valence-corrected chi connectivity index (χ1v) is 7.29. The molecule has 0 amide bonds. The van der Waals surface area contributed by atoms with E-state index >= 15 is 0 Å². The highest BCUT2D eigenvalue weighted by Crippen LogP contribution is 2.24. The summed E-state index contributed by atoms with van der Waals surface area (Å²) in [5.74, 6) is 0.635. The third kappa shape index (κ3) is 4.63. The Morgan fingerprint density at radius 2 is 1.52 bits per heavy atom. The van der Waals surface area contributed by atoms with Crippen molar-refractivity contribution in [3.63, 3.8) is 0 Å². The Labute approximate surface area is 125 Å². The first-order valence-electron chi connectivity index (χ1n) is 7.29. The van der Waals surface area contributed by atoms with E-state index in [1.807, 2.05) is 24.3 Å². The number of rotatable bonds is 6. The molecule has 0 aliphatic rings. The summed E-state index contributed by atoms with van der Waals surface area (Å²) in [6, 6.07) is 14.4. The number of phenols is 1. The highest BCUT2D eigenvalue weighted by Gasteiger charge is 2.05. The maximum absolute atomic E-state index is 11.6. The summed E-state index contributed by atoms with van der Waals surface area (Å²) < 4.78 is 5.29. The lowest BCUT2D eigenvalue weighted by Crippen LogP contribution is -2.07. The van der Waals surface area contributed by atoms with Gasteiger partial charge < -0.3 is 9.84 Å². The van der Waals surface area contributed by atoms with Gasteiger partial charge in [0.05, 0.1) is 0 Å². The smallest absolute Gasteiger partial charge is 0.311 e. The molecule has 0 unspecified atom stereocenters. The first kappa shape index (κ1) is 15.1. The molecule has 0 fully saturated rings. The number of unbranched alkanes of at least 4 members (excludes halogenated alkanes) is 2. The van der Waals surface area contributed by atoms with Crippen LogP contribution in [0.5, 0.6) is 11.5 Å². The molecule has 3 nitrogen and oxygen atoms in total. The summed E-state index contributed by atoms with van der Waals surface area (Å²) in [7, 11) is 0. The largest absolute Gasteiger partial charge is 0.508 e. The maximum Gasteiger partial charge on any atom is 0.311 e. The number of benzene rings is 2. The number of carbonyl (C=O) groups is 1. The average molecular weight is 284 g/mol. The predicted octanol–water partition coefficient (Wildman–Crippen LogP) is 4.54. The lowest BCUT2D eigenvalue weighted by molar-refractivity contribution is -0.134. The second-order valence-electron chi connectivity index (χ2n) is 5.00. The van der Waals surface area contributed by atoms with Crippen molar-refractivity contribution in [2.45, 2.75) is 32.6 Å². The van der Waals surface area contributed by atoms with Gasteiger partial charge in [-0.05, 0) is 41.8 Å². The molecule has 2 rings (SSSR count). The number of hydrogen-bond donors (Lipinski definition) is 1. The molecule has 2 aromatic carbocycles. The Kier molecular flexibility index (Phi) is 5.38. The number of ether oxygens (including phenoxy) is 1. The van der Waals surface area contributed by atoms with Gasteiger partial charge in [-0.25, -0.2) is 0 Å². The summed E-state index contributed by atoms with van der Waals surface area (Å²) in [5, 5.41) is 9.28. The SMILES string of the molecule is CCCCCC(=O)Oc1ccc(-c2ccc(O)cc2)cc1. The Morgan fingerprint density at radius 3 is 2.10 bits per heavy atom. The lowest BCUT2D eigenvalue weighted by atomic mass is 10.1. The van der Waals surface area contributed by atoms with E-state index in [9.17, 15) is 9.90 Å². The summed E-state index contributed by atoms with van der Waals surface area (Å²) in [5.41, 5.74) is 2.02. The zero-order valence-corrected chi connectivity index (χ0v) is 12.2. The highest BCUT2D eigenvalue weighted by atomic mass is 16.5. The molecule has 0 spiro atoms. The summed E-state index contributed by atoms with van der Waals surface area (Å²) in [4.78, 5) is 11.6. The van der Waals surface area contributed by atoms with Crippen LogP contribution in [0.15, 0.2) is 48.5 Å². The molecule has 0 aliphatic heterocycles. The van der Waals surface area contributed by atoms with Crippen LogP contribution < -0.4 is 4.74 Å². The van der Waals surface area contributed by atoms with Crippen molar-refractivity contribution < 1.29 is 14.6 Å². The van der Waals surface area contributed by atoms with E-state index in [4.69, 9.17) is 4.74 Å². The van der Waals surface area contributed by atoms with Crippen molar-refractivity contribution in [1.29, 1.82) is 0 Å². The van der Waals surface area contributed by atoms with Crippen molar-refractivity contribution >= 4 is 5.97 Å². The minimum absolute atomic E-state index is 0.180. The fraction of sp³-hybridized carbons (Fsp3) is 0.278. The molecular formula is C18H20O3. The summed E-state index contributed by atoms with van der Waals surface area (Å²) >= 11 is 0. The topological polar surface area (TPSA) is 46.5 Å². The quantitative estimate of drug-likeness (QED) is 0.481. The Morgan fingerprint density at radius 1 is 0.952 bits per heavy atom. The van der Waals surface area contributed by atoms with Crippen LogP contribution in [0.1, 0.15) is 32.6 Å². The molecule has 2 aromatic rings. The van der Waals surface area contributed by atoms with E-state index in [0.717, 1.165) is 30.4 Å². The molecule has 0 heterocycles. The number of esters is 1. The van der Waals surface area contributed by atoms with E-state index in [1.165, 1.54) is 0 Å². The van der Waals surface area contributed by atoms with Gasteiger partial charge in [-0.2, -0.15) is 0 Å². The molecule has 1 N–H and O–H groups in total. The zero-order valence-electron chi connectivity index (χ0n) is 12.2. The standard InChI is InChI=1S/C18H20O3/c1-2-3-4-5-18(20)21-17-12-8-15(9-13-17)14-6-10-16(19)11-7-14/h6-13,19H,2-5H2,1H3. The van der Waals surface area contributed by atoms with Crippen LogP contribution in [-0.4, -0.2) is 11.1 Å². The minimum atomic E-state index is -0.180. The predicted molar refractivity (Wildman–Crippen MR) is 83.3 cm³/mol. The number of hydrogen-bond acceptors (Lipinski definition) is 3. The van der Waals surface area contributed by atoms with Crippen molar-refractivity contribution in [2.75, 3.05) is 0 Å². The first-order chi connectivity index (χ1) is 10.2. The third-order valence-corrected chi connectivity index (χ3v) is 3.27. The van der Waals surface area contributed by atoms with Crippen LogP contribution in [-0.2, 0) is 4.79 Å². The van der Waals surface area contributed by atoms with Gasteiger partial charge in [-0.1, -0.05) is 44.0 Å². The van der Waals surface area contributed by atoms with Gasteiger partial charge in [0.25, 0.3) is 0 Å². The summed E-state index contributed by atoms with van der Waals surface area (Å²) in [6.45, 7) is 2.10. The molecule has 0 aliphatic carbocycles. The van der Waals surface area contributed by atoms with Crippen LogP contribution in [0.3, 0.4) is 0 Å².